The second-order valence-corrected chi connectivity index (χ2v) is 9.46. The Morgan fingerprint density at radius 2 is 2.00 bits per heavy atom. The molecule has 0 N–H and O–H groups in total. The van der Waals surface area contributed by atoms with E-state index in [2.05, 4.69) is 15.9 Å². The minimum Gasteiger partial charge on any atom is -0.496 e. The van der Waals surface area contributed by atoms with Crippen molar-refractivity contribution in [3.05, 3.63) is 64.1 Å². The predicted octanol–water partition coefficient (Wildman–Crippen LogP) is 3.29. The fourth-order valence-corrected chi connectivity index (χ4v) is 5.37. The van der Waals surface area contributed by atoms with Gasteiger partial charge in [-0.1, -0.05) is 40.2 Å². The molecule has 2 aromatic carbocycles. The Hall–Kier alpha value is -1.86. The molecule has 1 saturated heterocycles. The standard InChI is InChI=1S/C19H20BrNO4S/c1-25-18-8-3-2-7-17(18)19(22)21(16-9-10-26(23,24)13-16)12-14-5-4-6-15(20)11-14/h2-8,11,16H,9-10,12-13H2,1H3. The molecule has 26 heavy (non-hydrogen) atoms. The molecule has 7 heteroatoms. The van der Waals surface area contributed by atoms with E-state index in [9.17, 15) is 13.2 Å². The van der Waals surface area contributed by atoms with Gasteiger partial charge in [0.2, 0.25) is 0 Å². The van der Waals surface area contributed by atoms with Crippen molar-refractivity contribution in [1.29, 1.82) is 0 Å². The van der Waals surface area contributed by atoms with E-state index in [1.165, 1.54) is 7.11 Å². The number of halogens is 1. The predicted molar refractivity (Wildman–Crippen MR) is 104 cm³/mol. The number of rotatable bonds is 5. The molecule has 0 saturated carbocycles. The molecule has 1 aliphatic rings. The van der Waals surface area contributed by atoms with Crippen LogP contribution in [0.25, 0.3) is 0 Å². The molecule has 1 fully saturated rings. The third kappa shape index (κ3) is 4.27. The van der Waals surface area contributed by atoms with Crippen LogP contribution in [0.3, 0.4) is 0 Å². The second-order valence-electron chi connectivity index (χ2n) is 6.32. The van der Waals surface area contributed by atoms with E-state index >= 15 is 0 Å². The molecule has 1 aliphatic heterocycles. The van der Waals surface area contributed by atoms with Gasteiger partial charge >= 0.3 is 0 Å². The third-order valence-electron chi connectivity index (χ3n) is 4.49. The van der Waals surface area contributed by atoms with Crippen LogP contribution in [-0.4, -0.2) is 43.9 Å². The summed E-state index contributed by atoms with van der Waals surface area (Å²) in [7, 11) is -1.59. The SMILES string of the molecule is COc1ccccc1C(=O)N(Cc1cccc(Br)c1)C1CCS(=O)(=O)C1. The van der Waals surface area contributed by atoms with Crippen molar-refractivity contribution in [2.45, 2.75) is 19.0 Å². The van der Waals surface area contributed by atoms with Crippen molar-refractivity contribution >= 4 is 31.7 Å². The van der Waals surface area contributed by atoms with Crippen LogP contribution in [0.2, 0.25) is 0 Å². The molecule has 5 nitrogen and oxygen atoms in total. The summed E-state index contributed by atoms with van der Waals surface area (Å²) in [4.78, 5) is 14.9. The van der Waals surface area contributed by atoms with Gasteiger partial charge in [0.25, 0.3) is 5.91 Å². The van der Waals surface area contributed by atoms with Crippen molar-refractivity contribution < 1.29 is 17.9 Å². The first kappa shape index (κ1) is 18.9. The van der Waals surface area contributed by atoms with Crippen molar-refractivity contribution in [1.82, 2.24) is 4.90 Å². The molecule has 0 aliphatic carbocycles. The normalized spacial score (nSPS) is 18.5. The Morgan fingerprint density at radius 1 is 1.23 bits per heavy atom. The smallest absolute Gasteiger partial charge is 0.258 e. The largest absolute Gasteiger partial charge is 0.496 e. The number of nitrogens with zero attached hydrogens (tertiary/aromatic N) is 1. The maximum absolute atomic E-state index is 13.3. The first-order chi connectivity index (χ1) is 12.4. The number of hydrogen-bond acceptors (Lipinski definition) is 4. The lowest BCUT2D eigenvalue weighted by Crippen LogP contribution is -2.40. The van der Waals surface area contributed by atoms with E-state index in [1.807, 2.05) is 24.3 Å². The molecule has 1 unspecified atom stereocenters. The number of sulfone groups is 1. The summed E-state index contributed by atoms with van der Waals surface area (Å²) in [6, 6.07) is 14.4. The zero-order valence-electron chi connectivity index (χ0n) is 14.4. The Balaban J connectivity index is 1.95. The number of hydrogen-bond donors (Lipinski definition) is 0. The van der Waals surface area contributed by atoms with Gasteiger partial charge in [-0.05, 0) is 36.2 Å². The highest BCUT2D eigenvalue weighted by atomic mass is 79.9. The molecular weight excluding hydrogens is 418 g/mol. The summed E-state index contributed by atoms with van der Waals surface area (Å²) in [5.74, 6) is 0.385. The summed E-state index contributed by atoms with van der Waals surface area (Å²) in [5.41, 5.74) is 1.38. The zero-order chi connectivity index (χ0) is 18.7. The van der Waals surface area contributed by atoms with Gasteiger partial charge in [0.1, 0.15) is 5.75 Å². The van der Waals surface area contributed by atoms with Gasteiger partial charge in [0.05, 0.1) is 24.2 Å². The lowest BCUT2D eigenvalue weighted by molar-refractivity contribution is 0.0677. The molecule has 0 spiro atoms. The molecular formula is C19H20BrNO4S. The summed E-state index contributed by atoms with van der Waals surface area (Å²) in [6.07, 6.45) is 0.456. The van der Waals surface area contributed by atoms with Gasteiger partial charge in [-0.3, -0.25) is 4.79 Å². The maximum Gasteiger partial charge on any atom is 0.258 e. The van der Waals surface area contributed by atoms with Crippen LogP contribution in [0.4, 0.5) is 0 Å². The number of ether oxygens (including phenoxy) is 1. The van der Waals surface area contributed by atoms with E-state index in [1.54, 1.807) is 29.2 Å². The third-order valence-corrected chi connectivity index (χ3v) is 6.73. The number of amides is 1. The van der Waals surface area contributed by atoms with Gasteiger partial charge in [-0.2, -0.15) is 0 Å². The summed E-state index contributed by atoms with van der Waals surface area (Å²) >= 11 is 3.44. The van der Waals surface area contributed by atoms with Crippen molar-refractivity contribution in [2.24, 2.45) is 0 Å². The molecule has 138 valence electrons. The summed E-state index contributed by atoms with van der Waals surface area (Å²) in [5, 5.41) is 0. The topological polar surface area (TPSA) is 63.7 Å². The van der Waals surface area contributed by atoms with Crippen molar-refractivity contribution in [2.75, 3.05) is 18.6 Å². The van der Waals surface area contributed by atoms with Gasteiger partial charge in [-0.15, -0.1) is 0 Å². The highest BCUT2D eigenvalue weighted by molar-refractivity contribution is 9.10. The average Bonchev–Trinajstić information content (AvgIpc) is 2.98. The first-order valence-electron chi connectivity index (χ1n) is 8.28. The number of benzene rings is 2. The monoisotopic (exact) mass is 437 g/mol. The molecule has 0 aromatic heterocycles. The molecule has 1 heterocycles. The number of para-hydroxylation sites is 1. The Bertz CT molecular complexity index is 913. The Labute approximate surface area is 162 Å². The maximum atomic E-state index is 13.3. The number of carbonyl (C=O) groups excluding carboxylic acids is 1. The molecule has 3 rings (SSSR count). The van der Waals surface area contributed by atoms with E-state index in [4.69, 9.17) is 4.74 Å². The summed E-state index contributed by atoms with van der Waals surface area (Å²) in [6.45, 7) is 0.344. The lowest BCUT2D eigenvalue weighted by atomic mass is 10.1. The molecule has 2 aromatic rings. The summed E-state index contributed by atoms with van der Waals surface area (Å²) < 4.78 is 30.2. The van der Waals surface area contributed by atoms with E-state index in [-0.39, 0.29) is 23.5 Å². The molecule has 0 bridgehead atoms. The van der Waals surface area contributed by atoms with Gasteiger partial charge < -0.3 is 9.64 Å². The fraction of sp³-hybridized carbons (Fsp3) is 0.316. The van der Waals surface area contributed by atoms with Crippen LogP contribution in [0.15, 0.2) is 53.0 Å². The van der Waals surface area contributed by atoms with Crippen LogP contribution < -0.4 is 4.74 Å². The minimum atomic E-state index is -3.11. The molecule has 1 atom stereocenters. The second kappa shape index (κ2) is 7.80. The zero-order valence-corrected chi connectivity index (χ0v) is 16.8. The van der Waals surface area contributed by atoms with Crippen LogP contribution >= 0.6 is 15.9 Å². The van der Waals surface area contributed by atoms with Gasteiger partial charge in [-0.25, -0.2) is 8.42 Å². The minimum absolute atomic E-state index is 0.00188. The van der Waals surface area contributed by atoms with Crippen LogP contribution in [0.5, 0.6) is 5.75 Å². The molecule has 1 amide bonds. The number of methoxy groups -OCH3 is 1. The highest BCUT2D eigenvalue weighted by Crippen LogP contribution is 2.26. The van der Waals surface area contributed by atoms with E-state index in [0.717, 1.165) is 10.0 Å². The van der Waals surface area contributed by atoms with E-state index < -0.39 is 9.84 Å². The van der Waals surface area contributed by atoms with Gasteiger partial charge in [0, 0.05) is 17.1 Å². The van der Waals surface area contributed by atoms with Crippen molar-refractivity contribution in [3.8, 4) is 5.75 Å². The Morgan fingerprint density at radius 3 is 2.65 bits per heavy atom. The lowest BCUT2D eigenvalue weighted by Gasteiger charge is -2.29. The van der Waals surface area contributed by atoms with Crippen LogP contribution in [-0.2, 0) is 16.4 Å². The van der Waals surface area contributed by atoms with Crippen molar-refractivity contribution in [3.63, 3.8) is 0 Å². The average molecular weight is 438 g/mol. The van der Waals surface area contributed by atoms with E-state index in [0.29, 0.717) is 24.3 Å². The fourth-order valence-electron chi connectivity index (χ4n) is 3.20. The first-order valence-corrected chi connectivity index (χ1v) is 10.9. The van der Waals surface area contributed by atoms with Gasteiger partial charge in [0.15, 0.2) is 9.84 Å². The van der Waals surface area contributed by atoms with Crippen LogP contribution in [0.1, 0.15) is 22.3 Å². The number of carbonyl (C=O) groups is 1. The highest BCUT2D eigenvalue weighted by Gasteiger charge is 2.35. The quantitative estimate of drug-likeness (QED) is 0.719. The van der Waals surface area contributed by atoms with Crippen LogP contribution in [0, 0.1) is 0 Å². The molecule has 0 radical (unpaired) electrons. The Kier molecular flexibility index (Phi) is 5.67.